The summed E-state index contributed by atoms with van der Waals surface area (Å²) in [5.74, 6) is 0.657. The fourth-order valence-corrected chi connectivity index (χ4v) is 4.79. The maximum atomic E-state index is 12.9. The first kappa shape index (κ1) is 20.5. The van der Waals surface area contributed by atoms with E-state index in [9.17, 15) is 13.2 Å². The molecule has 2 aromatic carbocycles. The van der Waals surface area contributed by atoms with E-state index in [1.165, 1.54) is 16.7 Å². The Labute approximate surface area is 184 Å². The fraction of sp³-hybridized carbons (Fsp3) is 0.318. The first-order chi connectivity index (χ1) is 15.4. The van der Waals surface area contributed by atoms with Gasteiger partial charge >= 0.3 is 5.76 Å². The van der Waals surface area contributed by atoms with Gasteiger partial charge in [0.25, 0.3) is 10.0 Å². The Morgan fingerprint density at radius 2 is 2.03 bits per heavy atom. The van der Waals surface area contributed by atoms with E-state index in [1.54, 1.807) is 24.3 Å². The molecule has 0 spiro atoms. The molecule has 0 saturated heterocycles. The Hall–Kier alpha value is -3.40. The number of aryl methyl sites for hydroxylation is 1. The minimum Gasteiger partial charge on any atom is -0.408 e. The highest BCUT2D eigenvalue weighted by atomic mass is 32.2. The third kappa shape index (κ3) is 3.81. The smallest absolute Gasteiger partial charge is 0.408 e. The molecular formula is C22H22N4O5S. The summed E-state index contributed by atoms with van der Waals surface area (Å²) in [7, 11) is -3.86. The number of benzene rings is 2. The molecule has 0 radical (unpaired) electrons. The van der Waals surface area contributed by atoms with Gasteiger partial charge in [-0.1, -0.05) is 30.6 Å². The zero-order valence-electron chi connectivity index (χ0n) is 17.4. The van der Waals surface area contributed by atoms with Gasteiger partial charge in [-0.3, -0.25) is 9.29 Å². The van der Waals surface area contributed by atoms with Crippen LogP contribution in [0, 0.1) is 0 Å². The lowest BCUT2D eigenvalue weighted by atomic mass is 9.85. The normalized spacial score (nSPS) is 14.5. The molecule has 1 fully saturated rings. The SMILES string of the molecule is CCc1cccc(NS(=O)(=O)c2ccc3c(c2)oc(=O)n3Cc2noc(C3CCC3)n2)c1. The highest BCUT2D eigenvalue weighted by molar-refractivity contribution is 7.92. The molecule has 0 atom stereocenters. The predicted molar refractivity (Wildman–Crippen MR) is 117 cm³/mol. The third-order valence-corrected chi connectivity index (χ3v) is 7.15. The van der Waals surface area contributed by atoms with Crippen LogP contribution in [0.25, 0.3) is 11.1 Å². The number of sulfonamides is 1. The summed E-state index contributed by atoms with van der Waals surface area (Å²) in [4.78, 5) is 16.8. The zero-order chi connectivity index (χ0) is 22.3. The van der Waals surface area contributed by atoms with Crippen LogP contribution in [0.5, 0.6) is 0 Å². The maximum Gasteiger partial charge on any atom is 0.420 e. The number of fused-ring (bicyclic) bond motifs is 1. The van der Waals surface area contributed by atoms with Crippen LogP contribution in [0.1, 0.15) is 49.4 Å². The molecule has 0 unspecified atom stereocenters. The number of aromatic nitrogens is 3. The van der Waals surface area contributed by atoms with Crippen LogP contribution < -0.4 is 10.5 Å². The Morgan fingerprint density at radius 1 is 1.19 bits per heavy atom. The molecule has 9 nitrogen and oxygen atoms in total. The maximum absolute atomic E-state index is 12.9. The van der Waals surface area contributed by atoms with Crippen LogP contribution >= 0.6 is 0 Å². The van der Waals surface area contributed by atoms with Crippen molar-refractivity contribution < 1.29 is 17.4 Å². The van der Waals surface area contributed by atoms with Gasteiger partial charge in [-0.15, -0.1) is 0 Å². The van der Waals surface area contributed by atoms with Gasteiger partial charge in [0.15, 0.2) is 11.4 Å². The van der Waals surface area contributed by atoms with Crippen molar-refractivity contribution in [2.45, 2.75) is 50.0 Å². The molecule has 5 rings (SSSR count). The Bertz CT molecular complexity index is 1450. The minimum atomic E-state index is -3.86. The van der Waals surface area contributed by atoms with Crippen LogP contribution in [0.3, 0.4) is 0 Å². The van der Waals surface area contributed by atoms with Gasteiger partial charge in [-0.05, 0) is 49.1 Å². The lowest BCUT2D eigenvalue weighted by Crippen LogP contribution is -2.16. The standard InChI is InChI=1S/C22H22N4O5S/c1-2-14-5-3-8-16(11-14)25-32(28,29)17-9-10-18-19(12-17)30-22(27)26(18)13-20-23-21(31-24-20)15-6-4-7-15/h3,5,8-12,15,25H,2,4,6-7,13H2,1H3. The van der Waals surface area contributed by atoms with Crippen LogP contribution in [-0.4, -0.2) is 23.1 Å². The average Bonchev–Trinajstić information content (AvgIpc) is 3.30. The highest BCUT2D eigenvalue weighted by Crippen LogP contribution is 2.35. The second kappa shape index (κ2) is 7.94. The Balaban J connectivity index is 1.42. The molecule has 0 aliphatic heterocycles. The second-order valence-corrected chi connectivity index (χ2v) is 9.60. The van der Waals surface area contributed by atoms with Crippen LogP contribution in [0.15, 0.2) is 61.1 Å². The van der Waals surface area contributed by atoms with E-state index < -0.39 is 15.8 Å². The number of oxazole rings is 1. The lowest BCUT2D eigenvalue weighted by molar-refractivity contribution is 0.291. The molecule has 2 aromatic heterocycles. The summed E-state index contributed by atoms with van der Waals surface area (Å²) in [5, 5.41) is 3.97. The van der Waals surface area contributed by atoms with Gasteiger partial charge in [0.2, 0.25) is 5.89 Å². The minimum absolute atomic E-state index is 0.000340. The van der Waals surface area contributed by atoms with Crippen molar-refractivity contribution in [3.8, 4) is 0 Å². The highest BCUT2D eigenvalue weighted by Gasteiger charge is 2.26. The lowest BCUT2D eigenvalue weighted by Gasteiger charge is -2.20. The van der Waals surface area contributed by atoms with E-state index in [0.29, 0.717) is 28.8 Å². The van der Waals surface area contributed by atoms with E-state index >= 15 is 0 Å². The summed E-state index contributed by atoms with van der Waals surface area (Å²) in [6.07, 6.45) is 4.01. The second-order valence-electron chi connectivity index (χ2n) is 7.92. The van der Waals surface area contributed by atoms with Crippen molar-refractivity contribution >= 4 is 26.8 Å². The number of hydrogen-bond acceptors (Lipinski definition) is 7. The van der Waals surface area contributed by atoms with E-state index in [2.05, 4.69) is 14.9 Å². The van der Waals surface area contributed by atoms with Gasteiger partial charge in [0.05, 0.1) is 17.0 Å². The van der Waals surface area contributed by atoms with E-state index in [-0.39, 0.29) is 17.0 Å². The van der Waals surface area contributed by atoms with Gasteiger partial charge in [0, 0.05) is 17.7 Å². The summed E-state index contributed by atoms with van der Waals surface area (Å²) in [6.45, 7) is 2.08. The van der Waals surface area contributed by atoms with E-state index in [4.69, 9.17) is 8.94 Å². The summed E-state index contributed by atoms with van der Waals surface area (Å²) >= 11 is 0. The molecule has 0 bridgehead atoms. The molecule has 0 amide bonds. The summed E-state index contributed by atoms with van der Waals surface area (Å²) in [6, 6.07) is 11.5. The van der Waals surface area contributed by atoms with Crippen molar-refractivity contribution in [3.63, 3.8) is 0 Å². The molecular weight excluding hydrogens is 432 g/mol. The first-order valence-corrected chi connectivity index (χ1v) is 12.0. The van der Waals surface area contributed by atoms with Crippen molar-refractivity contribution in [1.82, 2.24) is 14.7 Å². The number of nitrogens with zero attached hydrogens (tertiary/aromatic N) is 3. The fourth-order valence-electron chi connectivity index (χ4n) is 3.73. The molecule has 4 aromatic rings. The van der Waals surface area contributed by atoms with Crippen molar-refractivity contribution in [3.05, 3.63) is 70.3 Å². The molecule has 10 heteroatoms. The predicted octanol–water partition coefficient (Wildman–Crippen LogP) is 3.66. The van der Waals surface area contributed by atoms with Crippen molar-refractivity contribution in [1.29, 1.82) is 0 Å². The molecule has 32 heavy (non-hydrogen) atoms. The topological polar surface area (TPSA) is 120 Å². The van der Waals surface area contributed by atoms with Gasteiger partial charge in [0.1, 0.15) is 0 Å². The first-order valence-electron chi connectivity index (χ1n) is 10.5. The monoisotopic (exact) mass is 454 g/mol. The number of hydrogen-bond donors (Lipinski definition) is 1. The molecule has 1 aliphatic rings. The van der Waals surface area contributed by atoms with Crippen LogP contribution in [-0.2, 0) is 23.0 Å². The van der Waals surface area contributed by atoms with Gasteiger partial charge in [-0.2, -0.15) is 4.98 Å². The number of nitrogens with one attached hydrogen (secondary N) is 1. The van der Waals surface area contributed by atoms with Crippen molar-refractivity contribution in [2.24, 2.45) is 0 Å². The molecule has 1 aliphatic carbocycles. The molecule has 2 heterocycles. The zero-order valence-corrected chi connectivity index (χ0v) is 18.3. The van der Waals surface area contributed by atoms with Gasteiger partial charge in [-0.25, -0.2) is 13.2 Å². The van der Waals surface area contributed by atoms with Crippen LogP contribution in [0.4, 0.5) is 5.69 Å². The summed E-state index contributed by atoms with van der Waals surface area (Å²) in [5.41, 5.74) is 2.12. The Kier molecular flexibility index (Phi) is 5.09. The summed E-state index contributed by atoms with van der Waals surface area (Å²) < 4.78 is 40.3. The van der Waals surface area contributed by atoms with E-state index in [0.717, 1.165) is 31.2 Å². The number of rotatable bonds is 7. The number of anilines is 1. The largest absolute Gasteiger partial charge is 0.420 e. The van der Waals surface area contributed by atoms with E-state index in [1.807, 2.05) is 13.0 Å². The molecule has 1 saturated carbocycles. The molecule has 166 valence electrons. The van der Waals surface area contributed by atoms with Crippen molar-refractivity contribution in [2.75, 3.05) is 4.72 Å². The van der Waals surface area contributed by atoms with Gasteiger partial charge < -0.3 is 8.94 Å². The third-order valence-electron chi connectivity index (χ3n) is 5.78. The average molecular weight is 455 g/mol. The quantitative estimate of drug-likeness (QED) is 0.452. The molecule has 1 N–H and O–H groups in total. The van der Waals surface area contributed by atoms with Crippen LogP contribution in [0.2, 0.25) is 0 Å². The Morgan fingerprint density at radius 3 is 2.78 bits per heavy atom.